The molecule has 1 fully saturated rings. The van der Waals surface area contributed by atoms with Crippen molar-refractivity contribution in [3.05, 3.63) is 0 Å². The van der Waals surface area contributed by atoms with Crippen molar-refractivity contribution in [1.82, 2.24) is 10.6 Å². The Hall–Kier alpha value is -0.610. The van der Waals surface area contributed by atoms with Crippen LogP contribution >= 0.6 is 0 Å². The van der Waals surface area contributed by atoms with Crippen LogP contribution in [0.1, 0.15) is 19.3 Å². The Labute approximate surface area is 78.7 Å². The van der Waals surface area contributed by atoms with E-state index >= 15 is 0 Å². The summed E-state index contributed by atoms with van der Waals surface area (Å²) in [4.78, 5) is 11.1. The van der Waals surface area contributed by atoms with E-state index in [9.17, 15) is 4.79 Å². The van der Waals surface area contributed by atoms with Crippen LogP contribution in [0.25, 0.3) is 0 Å². The summed E-state index contributed by atoms with van der Waals surface area (Å²) in [6.45, 7) is 2.08. The normalized spacial score (nSPS) is 15.8. The first-order valence-corrected chi connectivity index (χ1v) is 4.91. The van der Waals surface area contributed by atoms with Crippen molar-refractivity contribution in [1.29, 1.82) is 0 Å². The van der Waals surface area contributed by atoms with E-state index in [1.165, 1.54) is 12.8 Å². The molecule has 1 aliphatic rings. The van der Waals surface area contributed by atoms with E-state index in [4.69, 9.17) is 5.11 Å². The summed E-state index contributed by atoms with van der Waals surface area (Å²) in [5.74, 6) is 0.797. The van der Waals surface area contributed by atoms with Gasteiger partial charge >= 0.3 is 0 Å². The number of carbonyl (C=O) groups excluding carboxylic acids is 1. The van der Waals surface area contributed by atoms with Crippen LogP contribution in [0.4, 0.5) is 0 Å². The van der Waals surface area contributed by atoms with Gasteiger partial charge in [0.15, 0.2) is 0 Å². The second kappa shape index (κ2) is 5.94. The molecule has 4 nitrogen and oxygen atoms in total. The Morgan fingerprint density at radius 1 is 1.46 bits per heavy atom. The van der Waals surface area contributed by atoms with E-state index in [1.807, 2.05) is 0 Å². The SMILES string of the molecule is O=C(CNCCCO)NCC1CC1. The third-order valence-electron chi connectivity index (χ3n) is 2.08. The highest BCUT2D eigenvalue weighted by atomic mass is 16.3. The number of rotatable bonds is 7. The second-order valence-corrected chi connectivity index (χ2v) is 3.50. The summed E-state index contributed by atoms with van der Waals surface area (Å²) in [5.41, 5.74) is 0. The lowest BCUT2D eigenvalue weighted by Crippen LogP contribution is -2.35. The van der Waals surface area contributed by atoms with Gasteiger partial charge in [0.05, 0.1) is 6.54 Å². The van der Waals surface area contributed by atoms with Crippen molar-refractivity contribution < 1.29 is 9.90 Å². The number of hydrogen-bond donors (Lipinski definition) is 3. The van der Waals surface area contributed by atoms with Crippen LogP contribution in [0, 0.1) is 5.92 Å². The third kappa shape index (κ3) is 5.60. The molecule has 0 spiro atoms. The van der Waals surface area contributed by atoms with Gasteiger partial charge in [-0.3, -0.25) is 4.79 Å². The monoisotopic (exact) mass is 186 g/mol. The van der Waals surface area contributed by atoms with Crippen molar-refractivity contribution in [2.75, 3.05) is 26.2 Å². The number of nitrogens with one attached hydrogen (secondary N) is 2. The molecule has 0 aromatic rings. The van der Waals surface area contributed by atoms with E-state index in [0.29, 0.717) is 19.5 Å². The van der Waals surface area contributed by atoms with Gasteiger partial charge in [-0.05, 0) is 31.7 Å². The molecule has 0 bridgehead atoms. The lowest BCUT2D eigenvalue weighted by atomic mass is 10.4. The van der Waals surface area contributed by atoms with Crippen molar-refractivity contribution in [2.45, 2.75) is 19.3 Å². The number of carbonyl (C=O) groups is 1. The van der Waals surface area contributed by atoms with Gasteiger partial charge in [-0.25, -0.2) is 0 Å². The molecular formula is C9H18N2O2. The Kier molecular flexibility index (Phi) is 4.78. The topological polar surface area (TPSA) is 61.4 Å². The highest BCUT2D eigenvalue weighted by molar-refractivity contribution is 5.77. The summed E-state index contributed by atoms with van der Waals surface area (Å²) in [7, 11) is 0. The van der Waals surface area contributed by atoms with Crippen molar-refractivity contribution >= 4 is 5.91 Å². The van der Waals surface area contributed by atoms with E-state index in [2.05, 4.69) is 10.6 Å². The predicted octanol–water partition coefficient (Wildman–Crippen LogP) is -0.515. The molecule has 0 aliphatic heterocycles. The number of aliphatic hydroxyl groups excluding tert-OH is 1. The first-order chi connectivity index (χ1) is 6.33. The second-order valence-electron chi connectivity index (χ2n) is 3.50. The zero-order valence-electron chi connectivity index (χ0n) is 7.88. The van der Waals surface area contributed by atoms with Gasteiger partial charge < -0.3 is 15.7 Å². The van der Waals surface area contributed by atoms with Gasteiger partial charge in [0.25, 0.3) is 0 Å². The van der Waals surface area contributed by atoms with Crippen LogP contribution in [-0.2, 0) is 4.79 Å². The van der Waals surface area contributed by atoms with Crippen LogP contribution < -0.4 is 10.6 Å². The average Bonchev–Trinajstić information content (AvgIpc) is 2.92. The lowest BCUT2D eigenvalue weighted by Gasteiger charge is -2.04. The molecule has 1 rings (SSSR count). The smallest absolute Gasteiger partial charge is 0.233 e. The number of hydrogen-bond acceptors (Lipinski definition) is 3. The molecule has 76 valence electrons. The average molecular weight is 186 g/mol. The number of amides is 1. The standard InChI is InChI=1S/C9H18N2O2/c12-5-1-4-10-7-9(13)11-6-8-2-3-8/h8,10,12H,1-7H2,(H,11,13). The molecule has 1 amide bonds. The maximum absolute atomic E-state index is 11.1. The Balaban J connectivity index is 1.84. The molecule has 0 aromatic carbocycles. The van der Waals surface area contributed by atoms with Gasteiger partial charge in [-0.2, -0.15) is 0 Å². The van der Waals surface area contributed by atoms with E-state index in [1.54, 1.807) is 0 Å². The summed E-state index contributed by atoms with van der Waals surface area (Å²) in [5, 5.41) is 14.3. The molecule has 0 aromatic heterocycles. The highest BCUT2D eigenvalue weighted by Crippen LogP contribution is 2.27. The van der Waals surface area contributed by atoms with E-state index in [-0.39, 0.29) is 12.5 Å². The fourth-order valence-electron chi connectivity index (χ4n) is 1.05. The third-order valence-corrected chi connectivity index (χ3v) is 2.08. The fraction of sp³-hybridized carbons (Fsp3) is 0.889. The van der Waals surface area contributed by atoms with E-state index in [0.717, 1.165) is 12.5 Å². The van der Waals surface area contributed by atoms with Gasteiger partial charge in [0, 0.05) is 13.2 Å². The van der Waals surface area contributed by atoms with E-state index < -0.39 is 0 Å². The summed E-state index contributed by atoms with van der Waals surface area (Å²) in [6, 6.07) is 0. The van der Waals surface area contributed by atoms with Crippen LogP contribution in [-0.4, -0.2) is 37.3 Å². The molecular weight excluding hydrogens is 168 g/mol. The maximum Gasteiger partial charge on any atom is 0.233 e. The molecule has 0 saturated heterocycles. The zero-order valence-corrected chi connectivity index (χ0v) is 7.88. The highest BCUT2D eigenvalue weighted by Gasteiger charge is 2.21. The summed E-state index contributed by atoms with van der Waals surface area (Å²) < 4.78 is 0. The van der Waals surface area contributed by atoms with Gasteiger partial charge in [0.2, 0.25) is 5.91 Å². The molecule has 1 aliphatic carbocycles. The maximum atomic E-state index is 11.1. The molecule has 0 unspecified atom stereocenters. The van der Waals surface area contributed by atoms with Crippen LogP contribution in [0.15, 0.2) is 0 Å². The van der Waals surface area contributed by atoms with Crippen molar-refractivity contribution in [3.63, 3.8) is 0 Å². The Bertz CT molecular complexity index is 158. The molecule has 0 heterocycles. The minimum absolute atomic E-state index is 0.0600. The van der Waals surface area contributed by atoms with Crippen LogP contribution in [0.5, 0.6) is 0 Å². The molecule has 0 atom stereocenters. The van der Waals surface area contributed by atoms with Gasteiger partial charge in [-0.1, -0.05) is 0 Å². The lowest BCUT2D eigenvalue weighted by molar-refractivity contribution is -0.120. The predicted molar refractivity (Wildman–Crippen MR) is 50.3 cm³/mol. The molecule has 0 radical (unpaired) electrons. The first kappa shape index (κ1) is 10.5. The minimum Gasteiger partial charge on any atom is -0.396 e. The Morgan fingerprint density at radius 2 is 2.23 bits per heavy atom. The van der Waals surface area contributed by atoms with Crippen LogP contribution in [0.2, 0.25) is 0 Å². The summed E-state index contributed by atoms with van der Waals surface area (Å²) in [6.07, 6.45) is 3.23. The number of aliphatic hydroxyl groups is 1. The summed E-state index contributed by atoms with van der Waals surface area (Å²) >= 11 is 0. The minimum atomic E-state index is 0.0600. The van der Waals surface area contributed by atoms with Gasteiger partial charge in [-0.15, -0.1) is 0 Å². The van der Waals surface area contributed by atoms with Crippen LogP contribution in [0.3, 0.4) is 0 Å². The molecule has 1 saturated carbocycles. The molecule has 13 heavy (non-hydrogen) atoms. The first-order valence-electron chi connectivity index (χ1n) is 4.91. The van der Waals surface area contributed by atoms with Crippen molar-refractivity contribution in [2.24, 2.45) is 5.92 Å². The molecule has 4 heteroatoms. The zero-order chi connectivity index (χ0) is 9.52. The fourth-order valence-corrected chi connectivity index (χ4v) is 1.05. The van der Waals surface area contributed by atoms with Gasteiger partial charge in [0.1, 0.15) is 0 Å². The largest absolute Gasteiger partial charge is 0.396 e. The quantitative estimate of drug-likeness (QED) is 0.469. The molecule has 3 N–H and O–H groups in total. The Morgan fingerprint density at radius 3 is 2.85 bits per heavy atom. The van der Waals surface area contributed by atoms with Crippen molar-refractivity contribution in [3.8, 4) is 0 Å².